The number of hydrogen-bond acceptors (Lipinski definition) is 5. The molecule has 8 nitrogen and oxygen atoms in total. The van der Waals surface area contributed by atoms with Gasteiger partial charge in [0.15, 0.2) is 0 Å². The Hall–Kier alpha value is -3.07. The first kappa shape index (κ1) is 22.1. The predicted molar refractivity (Wildman–Crippen MR) is 125 cm³/mol. The van der Waals surface area contributed by atoms with E-state index in [1.165, 1.54) is 10.4 Å². The van der Waals surface area contributed by atoms with E-state index in [1.54, 1.807) is 17.0 Å². The summed E-state index contributed by atoms with van der Waals surface area (Å²) in [7, 11) is -3.87. The number of carbonyl (C=O) groups is 1. The molecule has 2 aliphatic heterocycles. The van der Waals surface area contributed by atoms with Gasteiger partial charge in [-0.05, 0) is 69.0 Å². The molecule has 0 unspecified atom stereocenters. The Morgan fingerprint density at radius 3 is 2.59 bits per heavy atom. The fraction of sp³-hybridized carbons (Fsp3) is 0.391. The standard InChI is InChI=1S/C23H29N5O3S/c1-15-7-5-6-8-18(15)19-14-28(21(24)25-19)32(30,31)17-9-10-20-16(13-17)11-12-27(20)22(29)26-23(2,3)4/h5-10,13,19H,11-12,14H2,1-4H3,(H2,24,25)(H,26,29)/t19-/m1/s1. The Labute approximate surface area is 189 Å². The SMILES string of the molecule is Cc1ccccc1[C@H]1CN(S(=O)(=O)c2ccc3c(c2)CCN3C(=O)NC(C)(C)C)C(N)=N1. The summed E-state index contributed by atoms with van der Waals surface area (Å²) >= 11 is 0. The number of aliphatic imine (C=N–C) groups is 1. The van der Waals surface area contributed by atoms with Gasteiger partial charge in [0.2, 0.25) is 5.96 Å². The van der Waals surface area contributed by atoms with E-state index in [9.17, 15) is 13.2 Å². The lowest BCUT2D eigenvalue weighted by atomic mass is 10.0. The molecule has 0 aliphatic carbocycles. The normalized spacial score (nSPS) is 18.5. The van der Waals surface area contributed by atoms with Gasteiger partial charge >= 0.3 is 6.03 Å². The lowest BCUT2D eigenvalue weighted by Crippen LogP contribution is -2.48. The molecule has 9 heteroatoms. The van der Waals surface area contributed by atoms with Crippen LogP contribution in [0.4, 0.5) is 10.5 Å². The van der Waals surface area contributed by atoms with Crippen molar-refractivity contribution in [3.05, 3.63) is 59.2 Å². The molecule has 2 heterocycles. The molecule has 32 heavy (non-hydrogen) atoms. The monoisotopic (exact) mass is 455 g/mol. The van der Waals surface area contributed by atoms with E-state index in [2.05, 4.69) is 10.3 Å². The van der Waals surface area contributed by atoms with Crippen molar-refractivity contribution in [1.29, 1.82) is 0 Å². The van der Waals surface area contributed by atoms with Gasteiger partial charge in [0, 0.05) is 17.8 Å². The van der Waals surface area contributed by atoms with Gasteiger partial charge in [0.1, 0.15) is 0 Å². The van der Waals surface area contributed by atoms with Crippen LogP contribution < -0.4 is 16.0 Å². The third-order valence-corrected chi connectivity index (χ3v) is 7.46. The summed E-state index contributed by atoms with van der Waals surface area (Å²) in [6.45, 7) is 8.40. The van der Waals surface area contributed by atoms with Crippen LogP contribution in [0.2, 0.25) is 0 Å². The first-order valence-electron chi connectivity index (χ1n) is 10.6. The summed E-state index contributed by atoms with van der Waals surface area (Å²) in [5.74, 6) is -0.00932. The zero-order valence-electron chi connectivity index (χ0n) is 18.8. The van der Waals surface area contributed by atoms with Crippen molar-refractivity contribution < 1.29 is 13.2 Å². The van der Waals surface area contributed by atoms with Crippen LogP contribution in [-0.4, -0.2) is 43.3 Å². The molecule has 0 saturated heterocycles. The lowest BCUT2D eigenvalue weighted by Gasteiger charge is -2.26. The Morgan fingerprint density at radius 2 is 1.91 bits per heavy atom. The number of amides is 2. The van der Waals surface area contributed by atoms with Crippen LogP contribution in [0, 0.1) is 6.92 Å². The van der Waals surface area contributed by atoms with E-state index >= 15 is 0 Å². The second-order valence-corrected chi connectivity index (χ2v) is 11.1. The maximum Gasteiger partial charge on any atom is 0.322 e. The Morgan fingerprint density at radius 1 is 1.19 bits per heavy atom. The second kappa shape index (κ2) is 7.81. The van der Waals surface area contributed by atoms with Crippen molar-refractivity contribution in [2.45, 2.75) is 50.6 Å². The minimum absolute atomic E-state index is 0.00932. The number of hydrogen-bond donors (Lipinski definition) is 2. The van der Waals surface area contributed by atoms with Crippen LogP contribution in [-0.2, 0) is 16.4 Å². The van der Waals surface area contributed by atoms with E-state index in [-0.39, 0.29) is 35.0 Å². The number of benzene rings is 2. The average molecular weight is 456 g/mol. The van der Waals surface area contributed by atoms with Crippen molar-refractivity contribution in [1.82, 2.24) is 9.62 Å². The van der Waals surface area contributed by atoms with Crippen molar-refractivity contribution in [2.75, 3.05) is 18.0 Å². The molecule has 0 aromatic heterocycles. The molecule has 170 valence electrons. The summed E-state index contributed by atoms with van der Waals surface area (Å²) in [4.78, 5) is 18.8. The minimum atomic E-state index is -3.87. The first-order chi connectivity index (χ1) is 15.0. The van der Waals surface area contributed by atoms with Crippen molar-refractivity contribution in [3.63, 3.8) is 0 Å². The Balaban J connectivity index is 1.58. The van der Waals surface area contributed by atoms with Gasteiger partial charge in [-0.2, -0.15) is 0 Å². The molecule has 4 rings (SSSR count). The molecule has 1 atom stereocenters. The maximum atomic E-state index is 13.4. The van der Waals surface area contributed by atoms with Crippen molar-refractivity contribution >= 4 is 27.7 Å². The molecule has 2 aliphatic rings. The average Bonchev–Trinajstić information content (AvgIpc) is 3.30. The molecule has 0 saturated carbocycles. The van der Waals surface area contributed by atoms with Crippen LogP contribution in [0.1, 0.15) is 43.5 Å². The largest absolute Gasteiger partial charge is 0.369 e. The smallest absolute Gasteiger partial charge is 0.322 e. The fourth-order valence-corrected chi connectivity index (χ4v) is 5.55. The van der Waals surface area contributed by atoms with E-state index in [4.69, 9.17) is 5.73 Å². The zero-order valence-corrected chi connectivity index (χ0v) is 19.6. The number of aryl methyl sites for hydroxylation is 1. The van der Waals surface area contributed by atoms with Crippen molar-refractivity contribution in [2.24, 2.45) is 10.7 Å². The van der Waals surface area contributed by atoms with Crippen LogP contribution in [0.3, 0.4) is 0 Å². The summed E-state index contributed by atoms with van der Waals surface area (Å²) in [5, 5.41) is 2.95. The molecule has 2 aromatic rings. The summed E-state index contributed by atoms with van der Waals surface area (Å²) < 4.78 is 27.9. The van der Waals surface area contributed by atoms with Gasteiger partial charge in [0.25, 0.3) is 10.0 Å². The number of nitrogens with zero attached hydrogens (tertiary/aromatic N) is 3. The molecule has 3 N–H and O–H groups in total. The number of nitrogens with one attached hydrogen (secondary N) is 1. The van der Waals surface area contributed by atoms with Crippen LogP contribution >= 0.6 is 0 Å². The number of anilines is 1. The summed E-state index contributed by atoms with van der Waals surface area (Å²) in [6.07, 6.45) is 0.589. The van der Waals surface area contributed by atoms with E-state index in [1.807, 2.05) is 52.0 Å². The highest BCUT2D eigenvalue weighted by molar-refractivity contribution is 7.89. The summed E-state index contributed by atoms with van der Waals surface area (Å²) in [5.41, 5.74) is 9.24. The highest BCUT2D eigenvalue weighted by Gasteiger charge is 2.36. The van der Waals surface area contributed by atoms with Gasteiger partial charge in [-0.15, -0.1) is 0 Å². The number of fused-ring (bicyclic) bond motifs is 1. The molecule has 0 bridgehead atoms. The number of rotatable bonds is 3. The van der Waals surface area contributed by atoms with Gasteiger partial charge in [-0.25, -0.2) is 22.5 Å². The highest BCUT2D eigenvalue weighted by atomic mass is 32.2. The molecule has 0 spiro atoms. The third kappa shape index (κ3) is 4.04. The van der Waals surface area contributed by atoms with Gasteiger partial charge in [0.05, 0.1) is 17.5 Å². The number of sulfonamides is 1. The van der Waals surface area contributed by atoms with E-state index in [0.29, 0.717) is 13.0 Å². The van der Waals surface area contributed by atoms with Gasteiger partial charge in [-0.3, -0.25) is 4.90 Å². The second-order valence-electron chi connectivity index (χ2n) is 9.27. The number of carbonyl (C=O) groups excluding carboxylic acids is 1. The van der Waals surface area contributed by atoms with Gasteiger partial charge < -0.3 is 11.1 Å². The zero-order chi connectivity index (χ0) is 23.3. The lowest BCUT2D eigenvalue weighted by molar-refractivity contribution is 0.238. The van der Waals surface area contributed by atoms with Crippen LogP contribution in [0.15, 0.2) is 52.4 Å². The number of guanidine groups is 1. The third-order valence-electron chi connectivity index (χ3n) is 5.69. The Kier molecular flexibility index (Phi) is 5.40. The number of nitrogens with two attached hydrogens (primary N) is 1. The van der Waals surface area contributed by atoms with E-state index < -0.39 is 10.0 Å². The highest BCUT2D eigenvalue weighted by Crippen LogP contribution is 2.34. The molecule has 2 amide bonds. The first-order valence-corrected chi connectivity index (χ1v) is 12.1. The van der Waals surface area contributed by atoms with Crippen LogP contribution in [0.5, 0.6) is 0 Å². The topological polar surface area (TPSA) is 108 Å². The molecular formula is C23H29N5O3S. The minimum Gasteiger partial charge on any atom is -0.369 e. The summed E-state index contributed by atoms with van der Waals surface area (Å²) in [6, 6.07) is 12.1. The predicted octanol–water partition coefficient (Wildman–Crippen LogP) is 2.93. The fourth-order valence-electron chi connectivity index (χ4n) is 4.13. The molecule has 2 aromatic carbocycles. The quantitative estimate of drug-likeness (QED) is 0.742. The molecule has 0 radical (unpaired) electrons. The Bertz CT molecular complexity index is 1200. The van der Waals surface area contributed by atoms with E-state index in [0.717, 1.165) is 22.4 Å². The van der Waals surface area contributed by atoms with Gasteiger partial charge in [-0.1, -0.05) is 24.3 Å². The maximum absolute atomic E-state index is 13.4. The number of urea groups is 1. The molecular weight excluding hydrogens is 426 g/mol. The van der Waals surface area contributed by atoms with Crippen molar-refractivity contribution in [3.8, 4) is 0 Å². The molecule has 0 fully saturated rings. The van der Waals surface area contributed by atoms with Crippen LogP contribution in [0.25, 0.3) is 0 Å².